The van der Waals surface area contributed by atoms with Gasteiger partial charge in [-0.3, -0.25) is 9.59 Å². The van der Waals surface area contributed by atoms with E-state index in [2.05, 4.69) is 10.3 Å². The van der Waals surface area contributed by atoms with Crippen LogP contribution in [0.1, 0.15) is 48.5 Å². The first-order valence-electron chi connectivity index (χ1n) is 11.3. The molecule has 1 aromatic heterocycles. The van der Waals surface area contributed by atoms with Crippen molar-refractivity contribution in [1.82, 2.24) is 15.2 Å². The van der Waals surface area contributed by atoms with Gasteiger partial charge in [0.1, 0.15) is 15.7 Å². The van der Waals surface area contributed by atoms with E-state index in [4.69, 9.17) is 4.74 Å². The molecule has 0 saturated carbocycles. The lowest BCUT2D eigenvalue weighted by Gasteiger charge is -2.34. The third-order valence-corrected chi connectivity index (χ3v) is 7.19. The van der Waals surface area contributed by atoms with Crippen LogP contribution in [-0.4, -0.2) is 54.5 Å². The van der Waals surface area contributed by atoms with Crippen molar-refractivity contribution in [3.8, 4) is 10.6 Å². The highest BCUT2D eigenvalue weighted by atomic mass is 32.1. The largest absolute Gasteiger partial charge is 0.382 e. The molecular formula is C24H32FN3O3S. The van der Waals surface area contributed by atoms with Crippen molar-refractivity contribution in [2.75, 3.05) is 32.8 Å². The monoisotopic (exact) mass is 461 g/mol. The summed E-state index contributed by atoms with van der Waals surface area (Å²) < 4.78 is 18.5. The average Bonchev–Trinajstić information content (AvgIpc) is 3.20. The molecule has 1 fully saturated rings. The van der Waals surface area contributed by atoms with Gasteiger partial charge >= 0.3 is 0 Å². The SMILES string of the molecule is CCOCCCNC(=O)[C@H](C)C1CCN(C(=O)c2sc(-c3ccc(F)cc3)nc2C)CC1. The minimum absolute atomic E-state index is 0.0140. The van der Waals surface area contributed by atoms with E-state index in [1.54, 1.807) is 12.1 Å². The minimum Gasteiger partial charge on any atom is -0.382 e. The molecule has 1 aromatic carbocycles. The summed E-state index contributed by atoms with van der Waals surface area (Å²) in [4.78, 5) is 32.6. The molecule has 0 aliphatic carbocycles. The number of ether oxygens (including phenoxy) is 1. The number of hydrogen-bond donors (Lipinski definition) is 1. The Kier molecular flexibility index (Phi) is 8.75. The Morgan fingerprint density at radius 1 is 1.28 bits per heavy atom. The Labute approximate surface area is 193 Å². The van der Waals surface area contributed by atoms with E-state index in [0.29, 0.717) is 43.4 Å². The van der Waals surface area contributed by atoms with Crippen LogP contribution in [0.3, 0.4) is 0 Å². The fraction of sp³-hybridized carbons (Fsp3) is 0.542. The first-order chi connectivity index (χ1) is 15.4. The Hall–Kier alpha value is -2.32. The van der Waals surface area contributed by atoms with E-state index >= 15 is 0 Å². The number of carbonyl (C=O) groups excluding carboxylic acids is 2. The molecule has 174 valence electrons. The summed E-state index contributed by atoms with van der Waals surface area (Å²) in [5.74, 6) is -0.0409. The zero-order valence-corrected chi connectivity index (χ0v) is 19.8. The number of nitrogens with zero attached hydrogens (tertiary/aromatic N) is 2. The Bertz CT molecular complexity index is 908. The van der Waals surface area contributed by atoms with E-state index < -0.39 is 0 Å². The normalized spacial score (nSPS) is 15.6. The number of amides is 2. The second-order valence-corrected chi connectivity index (χ2v) is 9.20. The number of nitrogens with one attached hydrogen (secondary N) is 1. The smallest absolute Gasteiger partial charge is 0.265 e. The van der Waals surface area contributed by atoms with Gasteiger partial charge in [-0.2, -0.15) is 0 Å². The van der Waals surface area contributed by atoms with Gasteiger partial charge in [-0.25, -0.2) is 9.37 Å². The third-order valence-electron chi connectivity index (χ3n) is 6.00. The zero-order valence-electron chi connectivity index (χ0n) is 19.0. The van der Waals surface area contributed by atoms with Crippen molar-refractivity contribution in [2.24, 2.45) is 11.8 Å². The number of halogens is 1. The van der Waals surface area contributed by atoms with Crippen molar-refractivity contribution in [3.63, 3.8) is 0 Å². The number of aryl methyl sites for hydroxylation is 1. The molecule has 6 nitrogen and oxygen atoms in total. The second-order valence-electron chi connectivity index (χ2n) is 8.20. The van der Waals surface area contributed by atoms with E-state index in [-0.39, 0.29) is 29.5 Å². The number of thiazole rings is 1. The third kappa shape index (κ3) is 6.13. The van der Waals surface area contributed by atoms with Gasteiger partial charge in [0, 0.05) is 44.3 Å². The molecule has 8 heteroatoms. The molecule has 1 aliphatic rings. The standard InChI is InChI=1S/C24H32FN3O3S/c1-4-31-15-5-12-26-22(29)16(2)18-10-13-28(14-11-18)24(30)21-17(3)27-23(32-21)19-6-8-20(25)9-7-19/h6-9,16,18H,4-5,10-15H2,1-3H3,(H,26,29)/t16-/m1/s1. The van der Waals surface area contributed by atoms with Gasteiger partial charge in [0.05, 0.1) is 5.69 Å². The Morgan fingerprint density at radius 3 is 2.62 bits per heavy atom. The van der Waals surface area contributed by atoms with Crippen LogP contribution in [0.4, 0.5) is 4.39 Å². The first-order valence-corrected chi connectivity index (χ1v) is 12.1. The summed E-state index contributed by atoms with van der Waals surface area (Å²) >= 11 is 1.35. The predicted octanol–water partition coefficient (Wildman–Crippen LogP) is 4.29. The van der Waals surface area contributed by atoms with Crippen LogP contribution in [0.5, 0.6) is 0 Å². The number of rotatable bonds is 9. The summed E-state index contributed by atoms with van der Waals surface area (Å²) in [6, 6.07) is 6.15. The average molecular weight is 462 g/mol. The maximum Gasteiger partial charge on any atom is 0.265 e. The molecule has 3 rings (SSSR count). The number of hydrogen-bond acceptors (Lipinski definition) is 5. The quantitative estimate of drug-likeness (QED) is 0.566. The summed E-state index contributed by atoms with van der Waals surface area (Å²) in [5.41, 5.74) is 1.50. The Balaban J connectivity index is 1.52. The van der Waals surface area contributed by atoms with Crippen LogP contribution in [-0.2, 0) is 9.53 Å². The van der Waals surface area contributed by atoms with Gasteiger partial charge in [-0.15, -0.1) is 11.3 Å². The first kappa shape index (κ1) is 24.3. The number of piperidine rings is 1. The van der Waals surface area contributed by atoms with Crippen LogP contribution in [0.2, 0.25) is 0 Å². The molecule has 1 saturated heterocycles. The zero-order chi connectivity index (χ0) is 23.1. The van der Waals surface area contributed by atoms with Gasteiger partial charge in [-0.1, -0.05) is 6.92 Å². The van der Waals surface area contributed by atoms with Gasteiger partial charge < -0.3 is 15.0 Å². The molecule has 0 spiro atoms. The summed E-state index contributed by atoms with van der Waals surface area (Å²) in [5, 5.41) is 3.72. The topological polar surface area (TPSA) is 71.5 Å². The van der Waals surface area contributed by atoms with E-state index in [0.717, 1.165) is 29.8 Å². The van der Waals surface area contributed by atoms with Crippen molar-refractivity contribution in [2.45, 2.75) is 40.0 Å². The van der Waals surface area contributed by atoms with Gasteiger partial charge in [0.2, 0.25) is 5.91 Å². The van der Waals surface area contributed by atoms with Crippen molar-refractivity contribution in [3.05, 3.63) is 40.7 Å². The van der Waals surface area contributed by atoms with Crippen molar-refractivity contribution in [1.29, 1.82) is 0 Å². The second kappa shape index (κ2) is 11.5. The molecule has 1 N–H and O–H groups in total. The molecule has 32 heavy (non-hydrogen) atoms. The summed E-state index contributed by atoms with van der Waals surface area (Å²) in [6.07, 6.45) is 2.43. The molecule has 0 radical (unpaired) electrons. The van der Waals surface area contributed by atoms with E-state index in [1.165, 1.54) is 23.5 Å². The highest BCUT2D eigenvalue weighted by molar-refractivity contribution is 7.17. The summed E-state index contributed by atoms with van der Waals surface area (Å²) in [7, 11) is 0. The number of benzene rings is 1. The molecule has 1 aliphatic heterocycles. The van der Waals surface area contributed by atoms with Crippen LogP contribution >= 0.6 is 11.3 Å². The maximum atomic E-state index is 13.2. The Morgan fingerprint density at radius 2 is 1.97 bits per heavy atom. The van der Waals surface area contributed by atoms with Gasteiger partial charge in [0.15, 0.2) is 0 Å². The van der Waals surface area contributed by atoms with Crippen LogP contribution in [0, 0.1) is 24.6 Å². The highest BCUT2D eigenvalue weighted by Crippen LogP contribution is 2.31. The van der Waals surface area contributed by atoms with Gasteiger partial charge in [-0.05, 0) is 63.3 Å². The minimum atomic E-state index is -0.297. The molecule has 2 heterocycles. The van der Waals surface area contributed by atoms with E-state index in [9.17, 15) is 14.0 Å². The number of carbonyl (C=O) groups is 2. The van der Waals surface area contributed by atoms with E-state index in [1.807, 2.05) is 25.7 Å². The van der Waals surface area contributed by atoms with Crippen molar-refractivity contribution >= 4 is 23.2 Å². The fourth-order valence-electron chi connectivity index (χ4n) is 3.96. The molecule has 0 unspecified atom stereocenters. The molecule has 0 bridgehead atoms. The lowest BCUT2D eigenvalue weighted by atomic mass is 9.84. The maximum absolute atomic E-state index is 13.2. The number of likely N-dealkylation sites (tertiary alicyclic amines) is 1. The number of aromatic nitrogens is 1. The predicted molar refractivity (Wildman–Crippen MR) is 124 cm³/mol. The molecular weight excluding hydrogens is 429 g/mol. The molecule has 2 amide bonds. The summed E-state index contributed by atoms with van der Waals surface area (Å²) in [6.45, 7) is 9.01. The molecule has 1 atom stereocenters. The lowest BCUT2D eigenvalue weighted by Crippen LogP contribution is -2.42. The van der Waals surface area contributed by atoms with Gasteiger partial charge in [0.25, 0.3) is 5.91 Å². The van der Waals surface area contributed by atoms with Crippen LogP contribution in [0.25, 0.3) is 10.6 Å². The molecule has 2 aromatic rings. The fourth-order valence-corrected chi connectivity index (χ4v) is 5.00. The van der Waals surface area contributed by atoms with Crippen LogP contribution in [0.15, 0.2) is 24.3 Å². The van der Waals surface area contributed by atoms with Crippen LogP contribution < -0.4 is 5.32 Å². The highest BCUT2D eigenvalue weighted by Gasteiger charge is 2.31. The van der Waals surface area contributed by atoms with Crippen molar-refractivity contribution < 1.29 is 18.7 Å². The lowest BCUT2D eigenvalue weighted by molar-refractivity contribution is -0.126.